The lowest BCUT2D eigenvalue weighted by Crippen LogP contribution is -2.44. The van der Waals surface area contributed by atoms with Crippen LogP contribution in [0.15, 0.2) is 24.3 Å². The lowest BCUT2D eigenvalue weighted by molar-refractivity contribution is -0.129. The highest BCUT2D eigenvalue weighted by Crippen LogP contribution is 2.28. The van der Waals surface area contributed by atoms with Gasteiger partial charge in [-0.3, -0.25) is 19.3 Å². The maximum atomic E-state index is 12.2. The number of likely N-dealkylation sites (tertiary alicyclic amines) is 1. The first-order valence-corrected chi connectivity index (χ1v) is 5.83. The Morgan fingerprint density at radius 2 is 1.61 bits per heavy atom. The minimum absolute atomic E-state index is 0.162. The Morgan fingerprint density at radius 3 is 2.06 bits per heavy atom. The third kappa shape index (κ3) is 1.30. The zero-order valence-corrected chi connectivity index (χ0v) is 9.92. The van der Waals surface area contributed by atoms with Gasteiger partial charge in [-0.1, -0.05) is 12.1 Å². The van der Waals surface area contributed by atoms with Crippen molar-refractivity contribution in [2.75, 3.05) is 13.6 Å². The van der Waals surface area contributed by atoms with Gasteiger partial charge in [-0.15, -0.1) is 0 Å². The highest BCUT2D eigenvalue weighted by molar-refractivity contribution is 6.22. The Bertz CT molecular complexity index is 532. The Hall–Kier alpha value is -2.17. The molecule has 0 unspecified atom stereocenters. The van der Waals surface area contributed by atoms with E-state index in [1.165, 1.54) is 0 Å². The first kappa shape index (κ1) is 11.0. The molecule has 0 saturated carbocycles. The van der Waals surface area contributed by atoms with Gasteiger partial charge in [-0.05, 0) is 18.6 Å². The molecule has 3 amide bonds. The predicted octanol–water partition coefficient (Wildman–Crippen LogP) is 0.513. The second kappa shape index (κ2) is 3.66. The van der Waals surface area contributed by atoms with E-state index in [2.05, 4.69) is 0 Å². The van der Waals surface area contributed by atoms with Crippen molar-refractivity contribution >= 4 is 17.7 Å². The van der Waals surface area contributed by atoms with Crippen molar-refractivity contribution in [2.24, 2.45) is 0 Å². The summed E-state index contributed by atoms with van der Waals surface area (Å²) in [7, 11) is 1.68. The summed E-state index contributed by atoms with van der Waals surface area (Å²) in [5, 5.41) is 0. The van der Waals surface area contributed by atoms with E-state index < -0.39 is 6.04 Å². The van der Waals surface area contributed by atoms with Gasteiger partial charge in [-0.2, -0.15) is 0 Å². The number of carbonyl (C=O) groups excluding carboxylic acids is 3. The average molecular weight is 244 g/mol. The second-order valence-electron chi connectivity index (χ2n) is 4.59. The topological polar surface area (TPSA) is 57.7 Å². The summed E-state index contributed by atoms with van der Waals surface area (Å²) in [5.41, 5.74) is 0.787. The fraction of sp³-hybridized carbons (Fsp3) is 0.308. The van der Waals surface area contributed by atoms with Crippen LogP contribution in [0.2, 0.25) is 0 Å². The monoisotopic (exact) mass is 244 g/mol. The number of benzene rings is 1. The smallest absolute Gasteiger partial charge is 0.262 e. The van der Waals surface area contributed by atoms with Crippen molar-refractivity contribution in [3.05, 3.63) is 35.4 Å². The van der Waals surface area contributed by atoms with E-state index in [0.29, 0.717) is 24.1 Å². The van der Waals surface area contributed by atoms with Crippen LogP contribution in [0.25, 0.3) is 0 Å². The molecule has 2 aliphatic heterocycles. The third-order valence-electron chi connectivity index (χ3n) is 3.54. The molecule has 1 saturated heterocycles. The Balaban J connectivity index is 2.00. The SMILES string of the molecule is CN1CC[C@@H](N2C(=O)c3ccccc3C2=O)C1=O. The van der Waals surface area contributed by atoms with Crippen LogP contribution < -0.4 is 0 Å². The molecule has 92 valence electrons. The van der Waals surface area contributed by atoms with E-state index in [9.17, 15) is 14.4 Å². The maximum Gasteiger partial charge on any atom is 0.262 e. The number of rotatable bonds is 1. The van der Waals surface area contributed by atoms with E-state index >= 15 is 0 Å². The third-order valence-corrected chi connectivity index (χ3v) is 3.54. The molecule has 5 nitrogen and oxygen atoms in total. The number of amides is 3. The van der Waals surface area contributed by atoms with Crippen LogP contribution in [0.5, 0.6) is 0 Å². The number of carbonyl (C=O) groups is 3. The molecular weight excluding hydrogens is 232 g/mol. The normalized spacial score (nSPS) is 22.9. The van der Waals surface area contributed by atoms with Crippen molar-refractivity contribution in [2.45, 2.75) is 12.5 Å². The largest absolute Gasteiger partial charge is 0.344 e. The molecule has 18 heavy (non-hydrogen) atoms. The number of hydrogen-bond acceptors (Lipinski definition) is 3. The van der Waals surface area contributed by atoms with E-state index in [4.69, 9.17) is 0 Å². The summed E-state index contributed by atoms with van der Waals surface area (Å²) >= 11 is 0. The van der Waals surface area contributed by atoms with Gasteiger partial charge in [0.2, 0.25) is 5.91 Å². The summed E-state index contributed by atoms with van der Waals surface area (Å²) in [5.74, 6) is -0.877. The number of fused-ring (bicyclic) bond motifs is 1. The van der Waals surface area contributed by atoms with E-state index in [-0.39, 0.29) is 17.7 Å². The standard InChI is InChI=1S/C13H12N2O3/c1-14-7-6-10(13(14)18)15-11(16)8-4-2-3-5-9(8)12(15)17/h2-5,10H,6-7H2,1H3/t10-/m1/s1. The predicted molar refractivity (Wildman–Crippen MR) is 63.0 cm³/mol. The summed E-state index contributed by atoms with van der Waals surface area (Å²) in [4.78, 5) is 38.9. The zero-order chi connectivity index (χ0) is 12.9. The highest BCUT2D eigenvalue weighted by Gasteiger charge is 2.45. The molecule has 3 rings (SSSR count). The minimum atomic E-state index is -0.637. The van der Waals surface area contributed by atoms with Gasteiger partial charge < -0.3 is 4.90 Å². The molecule has 1 fully saturated rings. The Labute approximate surface area is 104 Å². The first-order valence-electron chi connectivity index (χ1n) is 5.83. The quantitative estimate of drug-likeness (QED) is 0.676. The Kier molecular flexibility index (Phi) is 2.23. The van der Waals surface area contributed by atoms with Gasteiger partial charge in [0.25, 0.3) is 11.8 Å². The molecule has 0 bridgehead atoms. The zero-order valence-electron chi connectivity index (χ0n) is 9.92. The van der Waals surface area contributed by atoms with Crippen molar-refractivity contribution in [1.29, 1.82) is 0 Å². The van der Waals surface area contributed by atoms with E-state index in [0.717, 1.165) is 4.90 Å². The molecular formula is C13H12N2O3. The second-order valence-corrected chi connectivity index (χ2v) is 4.59. The molecule has 5 heteroatoms. The van der Waals surface area contributed by atoms with Gasteiger partial charge in [0, 0.05) is 13.6 Å². The number of likely N-dealkylation sites (N-methyl/N-ethyl adjacent to an activating group) is 1. The highest BCUT2D eigenvalue weighted by atomic mass is 16.2. The van der Waals surface area contributed by atoms with Crippen molar-refractivity contribution in [3.63, 3.8) is 0 Å². The lowest BCUT2D eigenvalue weighted by Gasteiger charge is -2.20. The van der Waals surface area contributed by atoms with Gasteiger partial charge in [0.05, 0.1) is 11.1 Å². The van der Waals surface area contributed by atoms with Gasteiger partial charge >= 0.3 is 0 Å². The van der Waals surface area contributed by atoms with Crippen LogP contribution in [0.4, 0.5) is 0 Å². The van der Waals surface area contributed by atoms with E-state index in [1.807, 2.05) is 0 Å². The molecule has 1 aromatic carbocycles. The van der Waals surface area contributed by atoms with Crippen LogP contribution >= 0.6 is 0 Å². The molecule has 0 spiro atoms. The van der Waals surface area contributed by atoms with Crippen LogP contribution in [-0.2, 0) is 4.79 Å². The van der Waals surface area contributed by atoms with Crippen LogP contribution in [0, 0.1) is 0 Å². The van der Waals surface area contributed by atoms with Crippen LogP contribution in [0.3, 0.4) is 0 Å². The van der Waals surface area contributed by atoms with Crippen LogP contribution in [0.1, 0.15) is 27.1 Å². The number of nitrogens with zero attached hydrogens (tertiary/aromatic N) is 2. The van der Waals surface area contributed by atoms with E-state index in [1.54, 1.807) is 36.2 Å². The molecule has 0 radical (unpaired) electrons. The van der Waals surface area contributed by atoms with Crippen LogP contribution in [-0.4, -0.2) is 47.2 Å². The van der Waals surface area contributed by atoms with Crippen molar-refractivity contribution in [3.8, 4) is 0 Å². The van der Waals surface area contributed by atoms with Crippen molar-refractivity contribution < 1.29 is 14.4 Å². The molecule has 2 aliphatic rings. The average Bonchev–Trinajstić information content (AvgIpc) is 2.82. The molecule has 1 aromatic rings. The summed E-state index contributed by atoms with van der Waals surface area (Å²) in [6.07, 6.45) is 0.515. The summed E-state index contributed by atoms with van der Waals surface area (Å²) < 4.78 is 0. The molecule has 0 aromatic heterocycles. The van der Waals surface area contributed by atoms with Gasteiger partial charge in [0.15, 0.2) is 0 Å². The summed E-state index contributed by atoms with van der Waals surface area (Å²) in [6.45, 7) is 0.580. The molecule has 0 N–H and O–H groups in total. The van der Waals surface area contributed by atoms with Gasteiger partial charge in [0.1, 0.15) is 6.04 Å². The first-order chi connectivity index (χ1) is 8.61. The lowest BCUT2D eigenvalue weighted by atomic mass is 10.1. The number of imide groups is 1. The van der Waals surface area contributed by atoms with Gasteiger partial charge in [-0.25, -0.2) is 0 Å². The molecule has 2 heterocycles. The minimum Gasteiger partial charge on any atom is -0.344 e. The molecule has 1 atom stereocenters. The Morgan fingerprint density at radius 1 is 1.06 bits per heavy atom. The number of hydrogen-bond donors (Lipinski definition) is 0. The molecule has 0 aliphatic carbocycles. The fourth-order valence-electron chi connectivity index (χ4n) is 2.53. The van der Waals surface area contributed by atoms with Crippen molar-refractivity contribution in [1.82, 2.24) is 9.80 Å². The maximum absolute atomic E-state index is 12.2. The fourth-order valence-corrected chi connectivity index (χ4v) is 2.53. The summed E-state index contributed by atoms with van der Waals surface area (Å²) in [6, 6.07) is 6.05.